The van der Waals surface area contributed by atoms with Crippen LogP contribution in [0.4, 0.5) is 0 Å². The molecule has 0 amide bonds. The second-order valence-electron chi connectivity index (χ2n) is 3.59. The van der Waals surface area contributed by atoms with Gasteiger partial charge in [-0.1, -0.05) is 6.92 Å². The summed E-state index contributed by atoms with van der Waals surface area (Å²) >= 11 is 0. The third-order valence-corrected chi connectivity index (χ3v) is 3.11. The number of rotatable bonds is 4. The lowest BCUT2D eigenvalue weighted by Gasteiger charge is -2.44. The van der Waals surface area contributed by atoms with Crippen molar-refractivity contribution in [2.75, 3.05) is 41.0 Å². The molecule has 4 heteroatoms. The number of nitrogens with zero attached hydrogens (tertiary/aromatic N) is 1. The van der Waals surface area contributed by atoms with E-state index in [2.05, 4.69) is 11.8 Å². The second-order valence-corrected chi connectivity index (χ2v) is 3.59. The van der Waals surface area contributed by atoms with Gasteiger partial charge in [-0.25, -0.2) is 0 Å². The van der Waals surface area contributed by atoms with Crippen LogP contribution in [0.25, 0.3) is 0 Å². The molecule has 0 N–H and O–H groups in total. The van der Waals surface area contributed by atoms with Crippen LogP contribution in [0.15, 0.2) is 0 Å². The molecule has 1 fully saturated rings. The number of ether oxygens (including phenoxy) is 3. The Morgan fingerprint density at radius 1 is 1.29 bits per heavy atom. The van der Waals surface area contributed by atoms with E-state index in [1.165, 1.54) is 0 Å². The Bertz CT molecular complexity index is 171. The minimum Gasteiger partial charge on any atom is -0.374 e. The predicted octanol–water partition coefficient (Wildman–Crippen LogP) is 0.716. The summed E-state index contributed by atoms with van der Waals surface area (Å²) in [6, 6.07) is 0. The molecule has 1 rings (SSSR count). The Balaban J connectivity index is 2.68. The van der Waals surface area contributed by atoms with Gasteiger partial charge in [-0.05, 0) is 6.54 Å². The van der Waals surface area contributed by atoms with Gasteiger partial charge in [-0.15, -0.1) is 0 Å². The Morgan fingerprint density at radius 2 is 1.93 bits per heavy atom. The van der Waals surface area contributed by atoms with Gasteiger partial charge >= 0.3 is 0 Å². The van der Waals surface area contributed by atoms with Crippen molar-refractivity contribution in [2.45, 2.75) is 25.2 Å². The molecule has 14 heavy (non-hydrogen) atoms. The van der Waals surface area contributed by atoms with Crippen LogP contribution in [0.3, 0.4) is 0 Å². The number of piperidine rings is 1. The molecule has 84 valence electrons. The van der Waals surface area contributed by atoms with E-state index in [1.807, 2.05) is 0 Å². The first kappa shape index (κ1) is 11.9. The topological polar surface area (TPSA) is 30.9 Å². The molecule has 0 aromatic carbocycles. The van der Waals surface area contributed by atoms with Gasteiger partial charge in [0.25, 0.3) is 0 Å². The van der Waals surface area contributed by atoms with Crippen LogP contribution in [0.2, 0.25) is 0 Å². The lowest BCUT2D eigenvalue weighted by atomic mass is 10.00. The fourth-order valence-corrected chi connectivity index (χ4v) is 2.03. The highest BCUT2D eigenvalue weighted by Gasteiger charge is 2.43. The lowest BCUT2D eigenvalue weighted by Crippen LogP contribution is -2.58. The number of hydrogen-bond acceptors (Lipinski definition) is 4. The zero-order valence-corrected chi connectivity index (χ0v) is 9.58. The first-order valence-electron chi connectivity index (χ1n) is 5.07. The summed E-state index contributed by atoms with van der Waals surface area (Å²) in [6.07, 6.45) is 0.845. The summed E-state index contributed by atoms with van der Waals surface area (Å²) in [4.78, 5) is 2.34. The maximum Gasteiger partial charge on any atom is 0.196 e. The first-order chi connectivity index (χ1) is 6.72. The molecule has 1 unspecified atom stereocenters. The van der Waals surface area contributed by atoms with Crippen molar-refractivity contribution < 1.29 is 14.2 Å². The van der Waals surface area contributed by atoms with E-state index >= 15 is 0 Å². The molecule has 0 aliphatic carbocycles. The molecule has 1 saturated heterocycles. The normalized spacial score (nSPS) is 27.9. The van der Waals surface area contributed by atoms with E-state index in [0.29, 0.717) is 0 Å². The standard InChI is InChI=1S/C10H21NO3/c1-5-11-7-6-10(13-3,14-4)9(8-11)12-2/h9H,5-8H2,1-4H3. The van der Waals surface area contributed by atoms with Gasteiger partial charge in [0, 0.05) is 40.8 Å². The van der Waals surface area contributed by atoms with Crippen LogP contribution in [0, 0.1) is 0 Å². The highest BCUT2D eigenvalue weighted by atomic mass is 16.7. The maximum atomic E-state index is 5.45. The van der Waals surface area contributed by atoms with E-state index in [9.17, 15) is 0 Å². The smallest absolute Gasteiger partial charge is 0.196 e. The fraction of sp³-hybridized carbons (Fsp3) is 1.00. The first-order valence-corrected chi connectivity index (χ1v) is 5.07. The van der Waals surface area contributed by atoms with Gasteiger partial charge in [0.15, 0.2) is 5.79 Å². The molecule has 0 bridgehead atoms. The van der Waals surface area contributed by atoms with Crippen molar-refractivity contribution in [2.24, 2.45) is 0 Å². The van der Waals surface area contributed by atoms with Crippen molar-refractivity contribution in [3.05, 3.63) is 0 Å². The predicted molar refractivity (Wildman–Crippen MR) is 54.3 cm³/mol. The summed E-state index contributed by atoms with van der Waals surface area (Å²) in [5, 5.41) is 0. The van der Waals surface area contributed by atoms with Gasteiger partial charge < -0.3 is 19.1 Å². The average Bonchev–Trinajstić information content (AvgIpc) is 2.28. The summed E-state index contributed by atoms with van der Waals surface area (Å²) in [7, 11) is 5.06. The monoisotopic (exact) mass is 203 g/mol. The molecule has 0 spiro atoms. The molecule has 1 aliphatic rings. The van der Waals surface area contributed by atoms with E-state index in [0.717, 1.165) is 26.1 Å². The molecule has 0 radical (unpaired) electrons. The van der Waals surface area contributed by atoms with Crippen LogP contribution >= 0.6 is 0 Å². The second kappa shape index (κ2) is 5.07. The lowest BCUT2D eigenvalue weighted by molar-refractivity contribution is -0.283. The number of likely N-dealkylation sites (tertiary alicyclic amines) is 1. The van der Waals surface area contributed by atoms with Crippen LogP contribution < -0.4 is 0 Å². The maximum absolute atomic E-state index is 5.45. The minimum absolute atomic E-state index is 0.00815. The number of likely N-dealkylation sites (N-methyl/N-ethyl adjacent to an activating group) is 1. The van der Waals surface area contributed by atoms with E-state index < -0.39 is 5.79 Å². The highest BCUT2D eigenvalue weighted by molar-refractivity contribution is 4.88. The molecule has 0 saturated carbocycles. The average molecular weight is 203 g/mol. The van der Waals surface area contributed by atoms with Crippen LogP contribution in [0.1, 0.15) is 13.3 Å². The number of methoxy groups -OCH3 is 3. The van der Waals surface area contributed by atoms with Crippen LogP contribution in [-0.2, 0) is 14.2 Å². The van der Waals surface area contributed by atoms with Crippen molar-refractivity contribution in [1.29, 1.82) is 0 Å². The summed E-state index contributed by atoms with van der Waals surface area (Å²) in [6.45, 7) is 5.06. The van der Waals surface area contributed by atoms with Crippen molar-refractivity contribution in [3.63, 3.8) is 0 Å². The van der Waals surface area contributed by atoms with Crippen LogP contribution in [-0.4, -0.2) is 57.8 Å². The molecule has 0 aromatic heterocycles. The molecule has 1 aliphatic heterocycles. The minimum atomic E-state index is -0.555. The Kier molecular flexibility index (Phi) is 4.31. The van der Waals surface area contributed by atoms with Gasteiger partial charge in [0.2, 0.25) is 0 Å². The summed E-state index contributed by atoms with van der Waals surface area (Å²) in [5.41, 5.74) is 0. The SMILES string of the molecule is CCN1CCC(OC)(OC)C(OC)C1. The van der Waals surface area contributed by atoms with Gasteiger partial charge in [0.05, 0.1) is 0 Å². The number of hydrogen-bond donors (Lipinski definition) is 0. The Hall–Kier alpha value is -0.160. The highest BCUT2D eigenvalue weighted by Crippen LogP contribution is 2.28. The van der Waals surface area contributed by atoms with Gasteiger partial charge in [-0.2, -0.15) is 0 Å². The van der Waals surface area contributed by atoms with Crippen molar-refractivity contribution >= 4 is 0 Å². The molecule has 4 nitrogen and oxygen atoms in total. The quantitative estimate of drug-likeness (QED) is 0.630. The van der Waals surface area contributed by atoms with E-state index in [4.69, 9.17) is 14.2 Å². The molecule has 0 aromatic rings. The Labute approximate surface area is 86.1 Å². The van der Waals surface area contributed by atoms with E-state index in [1.54, 1.807) is 21.3 Å². The Morgan fingerprint density at radius 3 is 2.36 bits per heavy atom. The van der Waals surface area contributed by atoms with Crippen molar-refractivity contribution in [1.82, 2.24) is 4.90 Å². The van der Waals surface area contributed by atoms with E-state index in [-0.39, 0.29) is 6.10 Å². The molecular formula is C10H21NO3. The summed E-state index contributed by atoms with van der Waals surface area (Å²) < 4.78 is 16.3. The third-order valence-electron chi connectivity index (χ3n) is 3.11. The van der Waals surface area contributed by atoms with Crippen molar-refractivity contribution in [3.8, 4) is 0 Å². The zero-order chi connectivity index (χ0) is 10.6. The molecular weight excluding hydrogens is 182 g/mol. The molecule has 1 atom stereocenters. The zero-order valence-electron chi connectivity index (χ0n) is 9.58. The fourth-order valence-electron chi connectivity index (χ4n) is 2.03. The van der Waals surface area contributed by atoms with Gasteiger partial charge in [-0.3, -0.25) is 0 Å². The van der Waals surface area contributed by atoms with Crippen LogP contribution in [0.5, 0.6) is 0 Å². The third kappa shape index (κ3) is 2.08. The molecule has 1 heterocycles. The summed E-state index contributed by atoms with van der Waals surface area (Å²) in [5.74, 6) is -0.555. The largest absolute Gasteiger partial charge is 0.374 e. The van der Waals surface area contributed by atoms with Gasteiger partial charge in [0.1, 0.15) is 6.10 Å².